The molecule has 1 aromatic carbocycles. The average Bonchev–Trinajstić information content (AvgIpc) is 2.99. The zero-order valence-electron chi connectivity index (χ0n) is 14.3. The number of carbonyl (C=O) groups is 1. The predicted molar refractivity (Wildman–Crippen MR) is 99.4 cm³/mol. The third-order valence-corrected chi connectivity index (χ3v) is 6.26. The van der Waals surface area contributed by atoms with E-state index >= 15 is 0 Å². The van der Waals surface area contributed by atoms with Crippen LogP contribution < -0.4 is 21.1 Å². The van der Waals surface area contributed by atoms with Crippen LogP contribution >= 0.6 is 15.9 Å². The maximum atomic E-state index is 12.6. The first kappa shape index (κ1) is 15.8. The van der Waals surface area contributed by atoms with Gasteiger partial charge in [0, 0.05) is 23.3 Å². The highest BCUT2D eigenvalue weighted by Crippen LogP contribution is 2.45. The third kappa shape index (κ3) is 2.52. The van der Waals surface area contributed by atoms with Gasteiger partial charge >= 0.3 is 0 Å². The number of hydrazine groups is 1. The smallest absolute Gasteiger partial charge is 0.254 e. The van der Waals surface area contributed by atoms with Gasteiger partial charge in [-0.2, -0.15) is 0 Å². The number of hydrogen-bond acceptors (Lipinski definition) is 5. The molecule has 1 amide bonds. The summed E-state index contributed by atoms with van der Waals surface area (Å²) in [4.78, 5) is 15.0. The SMILES string of the molecule is Cc1cc(Br)cc(C)c1N1C=C2C(=O)NC(N3CCC4CC43)NC2N1. The molecule has 0 spiro atoms. The molecule has 4 aliphatic rings. The van der Waals surface area contributed by atoms with Gasteiger partial charge in [0.15, 0.2) is 0 Å². The molecule has 1 aliphatic carbocycles. The molecule has 0 aromatic heterocycles. The molecule has 25 heavy (non-hydrogen) atoms. The van der Waals surface area contributed by atoms with E-state index in [4.69, 9.17) is 0 Å². The van der Waals surface area contributed by atoms with Gasteiger partial charge in [-0.3, -0.25) is 20.0 Å². The number of halogens is 1. The number of piperidine rings is 1. The van der Waals surface area contributed by atoms with Crippen molar-refractivity contribution in [3.05, 3.63) is 39.5 Å². The minimum absolute atomic E-state index is 0.0141. The molecule has 4 atom stereocenters. The van der Waals surface area contributed by atoms with Crippen molar-refractivity contribution in [1.29, 1.82) is 0 Å². The Morgan fingerprint density at radius 1 is 1.24 bits per heavy atom. The summed E-state index contributed by atoms with van der Waals surface area (Å²) in [7, 11) is 0. The lowest BCUT2D eigenvalue weighted by molar-refractivity contribution is -0.122. The first-order chi connectivity index (χ1) is 12.0. The van der Waals surface area contributed by atoms with Gasteiger partial charge < -0.3 is 5.32 Å². The molecule has 3 heterocycles. The second-order valence-electron chi connectivity index (χ2n) is 7.54. The van der Waals surface area contributed by atoms with Crippen LogP contribution in [0.4, 0.5) is 5.69 Å². The number of rotatable bonds is 2. The van der Waals surface area contributed by atoms with Gasteiger partial charge in [-0.1, -0.05) is 15.9 Å². The van der Waals surface area contributed by atoms with E-state index in [-0.39, 0.29) is 18.4 Å². The number of carbonyl (C=O) groups excluding carboxylic acids is 1. The van der Waals surface area contributed by atoms with Crippen molar-refractivity contribution in [3.8, 4) is 0 Å². The van der Waals surface area contributed by atoms with Crippen LogP contribution in [-0.2, 0) is 4.79 Å². The Kier molecular flexibility index (Phi) is 3.51. The van der Waals surface area contributed by atoms with Gasteiger partial charge in [0.1, 0.15) is 12.5 Å². The normalized spacial score (nSPS) is 33.8. The lowest BCUT2D eigenvalue weighted by Crippen LogP contribution is -2.67. The van der Waals surface area contributed by atoms with Crippen molar-refractivity contribution in [3.63, 3.8) is 0 Å². The summed E-state index contributed by atoms with van der Waals surface area (Å²) in [5, 5.41) is 8.67. The van der Waals surface area contributed by atoms with Crippen LogP contribution in [0.1, 0.15) is 24.0 Å². The highest BCUT2D eigenvalue weighted by atomic mass is 79.9. The van der Waals surface area contributed by atoms with E-state index in [1.54, 1.807) is 0 Å². The minimum Gasteiger partial charge on any atom is -0.324 e. The van der Waals surface area contributed by atoms with Crippen LogP contribution in [0.25, 0.3) is 0 Å². The summed E-state index contributed by atoms with van der Waals surface area (Å²) in [6, 6.07) is 4.84. The summed E-state index contributed by atoms with van der Waals surface area (Å²) < 4.78 is 1.07. The van der Waals surface area contributed by atoms with Crippen LogP contribution in [0.3, 0.4) is 0 Å². The van der Waals surface area contributed by atoms with Crippen molar-refractivity contribution >= 4 is 27.5 Å². The summed E-state index contributed by atoms with van der Waals surface area (Å²) in [6.45, 7) is 5.24. The van der Waals surface area contributed by atoms with Crippen molar-refractivity contribution in [2.45, 2.75) is 45.2 Å². The lowest BCUT2D eigenvalue weighted by atomic mass is 10.1. The molecule has 3 aliphatic heterocycles. The number of nitrogens with one attached hydrogen (secondary N) is 3. The van der Waals surface area contributed by atoms with Crippen molar-refractivity contribution < 1.29 is 4.79 Å². The van der Waals surface area contributed by atoms with E-state index < -0.39 is 0 Å². The predicted octanol–water partition coefficient (Wildman–Crippen LogP) is 1.70. The van der Waals surface area contributed by atoms with Gasteiger partial charge in [0.05, 0.1) is 11.3 Å². The molecule has 1 aromatic rings. The molecular formula is C18H22BrN5O. The Labute approximate surface area is 155 Å². The standard InChI is InChI=1S/C18H22BrN5O/c1-9-5-12(19)6-10(2)15(9)24-8-13-16(22-24)20-18(21-17(13)25)23-4-3-11-7-14(11)23/h5-6,8,11,14,16,18,20,22H,3-4,7H2,1-2H3,(H,21,25). The van der Waals surface area contributed by atoms with E-state index in [0.717, 1.165) is 39.3 Å². The van der Waals surface area contributed by atoms with Crippen LogP contribution in [-0.4, -0.2) is 35.8 Å². The zero-order valence-corrected chi connectivity index (χ0v) is 15.9. The van der Waals surface area contributed by atoms with Gasteiger partial charge in [0.25, 0.3) is 5.91 Å². The molecule has 2 saturated heterocycles. The second-order valence-corrected chi connectivity index (χ2v) is 8.45. The molecule has 5 rings (SSSR count). The summed E-state index contributed by atoms with van der Waals surface area (Å²) in [6.07, 6.45) is 4.21. The van der Waals surface area contributed by atoms with Gasteiger partial charge in [-0.25, -0.2) is 5.43 Å². The summed E-state index contributed by atoms with van der Waals surface area (Å²) in [5.74, 6) is 0.858. The molecule has 4 unspecified atom stereocenters. The topological polar surface area (TPSA) is 59.6 Å². The van der Waals surface area contributed by atoms with Crippen molar-refractivity contribution in [1.82, 2.24) is 21.0 Å². The molecular weight excluding hydrogens is 382 g/mol. The Morgan fingerprint density at radius 3 is 2.64 bits per heavy atom. The number of likely N-dealkylation sites (tertiary alicyclic amines) is 1. The molecule has 3 fully saturated rings. The molecule has 6 nitrogen and oxygen atoms in total. The number of anilines is 1. The van der Waals surface area contributed by atoms with Crippen LogP contribution in [0.5, 0.6) is 0 Å². The highest BCUT2D eigenvalue weighted by molar-refractivity contribution is 9.10. The minimum atomic E-state index is -0.154. The quantitative estimate of drug-likeness (QED) is 0.701. The number of aryl methyl sites for hydroxylation is 2. The van der Waals surface area contributed by atoms with Gasteiger partial charge in [-0.05, 0) is 55.9 Å². The first-order valence-electron chi connectivity index (χ1n) is 8.88. The average molecular weight is 404 g/mol. The van der Waals surface area contributed by atoms with Crippen LogP contribution in [0.2, 0.25) is 0 Å². The fourth-order valence-corrected chi connectivity index (χ4v) is 5.21. The number of amides is 1. The fourth-order valence-electron chi connectivity index (χ4n) is 4.52. The maximum absolute atomic E-state index is 12.6. The molecule has 1 saturated carbocycles. The van der Waals surface area contributed by atoms with Crippen LogP contribution in [0.15, 0.2) is 28.4 Å². The van der Waals surface area contributed by atoms with Crippen molar-refractivity contribution in [2.24, 2.45) is 5.92 Å². The Hall–Kier alpha value is -1.41. The first-order valence-corrected chi connectivity index (χ1v) is 9.67. The Balaban J connectivity index is 1.39. The summed E-state index contributed by atoms with van der Waals surface area (Å²) in [5.41, 5.74) is 7.61. The fraction of sp³-hybridized carbons (Fsp3) is 0.500. The number of nitrogens with zero attached hydrogens (tertiary/aromatic N) is 2. The van der Waals surface area contributed by atoms with Crippen molar-refractivity contribution in [2.75, 3.05) is 11.6 Å². The number of hydrogen-bond donors (Lipinski definition) is 3. The van der Waals surface area contributed by atoms with Crippen LogP contribution in [0, 0.1) is 19.8 Å². The molecule has 0 radical (unpaired) electrons. The third-order valence-electron chi connectivity index (χ3n) is 5.80. The number of fused-ring (bicyclic) bond motifs is 2. The maximum Gasteiger partial charge on any atom is 0.254 e. The Morgan fingerprint density at radius 2 is 2.00 bits per heavy atom. The lowest BCUT2D eigenvalue weighted by Gasteiger charge is -2.37. The molecule has 132 valence electrons. The van der Waals surface area contributed by atoms with Gasteiger partial charge in [-0.15, -0.1) is 0 Å². The van der Waals surface area contributed by atoms with Gasteiger partial charge in [0.2, 0.25) is 0 Å². The second kappa shape index (κ2) is 5.54. The summed E-state index contributed by atoms with van der Waals surface area (Å²) >= 11 is 3.55. The zero-order chi connectivity index (χ0) is 17.3. The van der Waals surface area contributed by atoms with E-state index in [2.05, 4.69) is 62.9 Å². The van der Waals surface area contributed by atoms with E-state index in [0.29, 0.717) is 6.04 Å². The number of benzene rings is 1. The largest absolute Gasteiger partial charge is 0.324 e. The van der Waals surface area contributed by atoms with E-state index in [9.17, 15) is 4.79 Å². The molecule has 7 heteroatoms. The highest BCUT2D eigenvalue weighted by Gasteiger charge is 2.51. The molecule has 0 bridgehead atoms. The monoisotopic (exact) mass is 403 g/mol. The van der Waals surface area contributed by atoms with E-state index in [1.165, 1.54) is 12.8 Å². The van der Waals surface area contributed by atoms with E-state index in [1.807, 2.05) is 11.2 Å². The molecule has 3 N–H and O–H groups in total. The Bertz CT molecular complexity index is 771.